The standard InChI is InChI=1S/C25H23NO5/c1-28-19-10-7-17(8-11-19)13-14-26-23(18-9-12-21-22(15-18)30-16-29-21)24(25(26)27)31-20-5-3-2-4-6-20/h2-12,15,23-24H,13-14,16H2,1H3/t23-,24+/m0/s1. The van der Waals surface area contributed by atoms with Crippen LogP contribution in [-0.4, -0.2) is 37.4 Å². The summed E-state index contributed by atoms with van der Waals surface area (Å²) in [5.74, 6) is 2.91. The second kappa shape index (κ2) is 8.22. The highest BCUT2D eigenvalue weighted by Crippen LogP contribution is 2.42. The minimum absolute atomic E-state index is 0.0139. The molecule has 6 nitrogen and oxygen atoms in total. The molecule has 0 unspecified atom stereocenters. The van der Waals surface area contributed by atoms with Gasteiger partial charge in [-0.05, 0) is 53.9 Å². The SMILES string of the molecule is COc1ccc(CCN2C(=O)[C@H](Oc3ccccc3)[C@@H]2c2ccc3c(c2)OCO3)cc1. The lowest BCUT2D eigenvalue weighted by Crippen LogP contribution is -2.61. The molecular weight excluding hydrogens is 394 g/mol. The largest absolute Gasteiger partial charge is 0.497 e. The van der Waals surface area contributed by atoms with E-state index < -0.39 is 6.10 Å². The number of ether oxygens (including phenoxy) is 4. The maximum absolute atomic E-state index is 13.0. The lowest BCUT2D eigenvalue weighted by molar-refractivity contribution is -0.164. The molecule has 0 radical (unpaired) electrons. The van der Waals surface area contributed by atoms with Crippen molar-refractivity contribution in [3.8, 4) is 23.0 Å². The first-order valence-electron chi connectivity index (χ1n) is 10.3. The number of amides is 1. The predicted octanol–water partition coefficient (Wildman–Crippen LogP) is 4.00. The summed E-state index contributed by atoms with van der Waals surface area (Å²) in [6, 6.07) is 23.0. The number of β-lactam (4-membered cyclic amide) rings is 1. The second-order valence-electron chi connectivity index (χ2n) is 7.54. The van der Waals surface area contributed by atoms with E-state index >= 15 is 0 Å². The molecule has 0 bridgehead atoms. The highest BCUT2D eigenvalue weighted by Gasteiger charge is 2.50. The van der Waals surface area contributed by atoms with Crippen LogP contribution in [-0.2, 0) is 11.2 Å². The van der Waals surface area contributed by atoms with Crippen molar-refractivity contribution in [3.05, 3.63) is 83.9 Å². The van der Waals surface area contributed by atoms with Crippen LogP contribution in [0.3, 0.4) is 0 Å². The van der Waals surface area contributed by atoms with Crippen molar-refractivity contribution >= 4 is 5.91 Å². The molecule has 0 N–H and O–H groups in total. The molecule has 0 saturated carbocycles. The van der Waals surface area contributed by atoms with Crippen LogP contribution >= 0.6 is 0 Å². The Balaban J connectivity index is 1.37. The van der Waals surface area contributed by atoms with E-state index in [9.17, 15) is 4.79 Å². The molecule has 158 valence electrons. The maximum Gasteiger partial charge on any atom is 0.266 e. The third-order valence-electron chi connectivity index (χ3n) is 5.69. The van der Waals surface area contributed by atoms with Crippen molar-refractivity contribution in [2.24, 2.45) is 0 Å². The van der Waals surface area contributed by atoms with Crippen molar-refractivity contribution < 1.29 is 23.7 Å². The van der Waals surface area contributed by atoms with Gasteiger partial charge in [0.05, 0.1) is 7.11 Å². The normalized spacial score (nSPS) is 19.1. The maximum atomic E-state index is 13.0. The quantitative estimate of drug-likeness (QED) is 0.544. The topological polar surface area (TPSA) is 57.2 Å². The summed E-state index contributed by atoms with van der Waals surface area (Å²) in [6.07, 6.45) is 0.174. The zero-order chi connectivity index (χ0) is 21.2. The third-order valence-corrected chi connectivity index (χ3v) is 5.69. The van der Waals surface area contributed by atoms with E-state index in [0.29, 0.717) is 18.0 Å². The number of likely N-dealkylation sites (tertiary alicyclic amines) is 1. The van der Waals surface area contributed by atoms with Crippen LogP contribution < -0.4 is 18.9 Å². The molecule has 2 atom stereocenters. The van der Waals surface area contributed by atoms with E-state index in [4.69, 9.17) is 18.9 Å². The molecule has 1 saturated heterocycles. The highest BCUT2D eigenvalue weighted by atomic mass is 16.7. The number of hydrogen-bond acceptors (Lipinski definition) is 5. The molecule has 1 amide bonds. The predicted molar refractivity (Wildman–Crippen MR) is 115 cm³/mol. The summed E-state index contributed by atoms with van der Waals surface area (Å²) in [4.78, 5) is 14.9. The van der Waals surface area contributed by atoms with Crippen molar-refractivity contribution in [2.45, 2.75) is 18.6 Å². The molecule has 5 rings (SSSR count). The van der Waals surface area contributed by atoms with Crippen LogP contribution in [0.5, 0.6) is 23.0 Å². The van der Waals surface area contributed by atoms with E-state index in [1.807, 2.05) is 77.7 Å². The molecule has 2 heterocycles. The van der Waals surface area contributed by atoms with E-state index in [1.54, 1.807) is 7.11 Å². The molecule has 31 heavy (non-hydrogen) atoms. The van der Waals surface area contributed by atoms with Gasteiger partial charge in [0.15, 0.2) is 11.5 Å². The number of carbonyl (C=O) groups excluding carboxylic acids is 1. The van der Waals surface area contributed by atoms with Crippen molar-refractivity contribution in [1.29, 1.82) is 0 Å². The van der Waals surface area contributed by atoms with Crippen molar-refractivity contribution in [2.75, 3.05) is 20.4 Å². The Morgan fingerprint density at radius 2 is 1.71 bits per heavy atom. The Kier molecular flexibility index (Phi) is 5.12. The Hall–Kier alpha value is -3.67. The fourth-order valence-electron chi connectivity index (χ4n) is 4.02. The number of benzene rings is 3. The molecule has 2 aliphatic heterocycles. The summed E-state index contributed by atoms with van der Waals surface area (Å²) >= 11 is 0. The zero-order valence-corrected chi connectivity index (χ0v) is 17.2. The van der Waals surface area contributed by atoms with E-state index in [0.717, 1.165) is 29.0 Å². The fourth-order valence-corrected chi connectivity index (χ4v) is 4.02. The summed E-state index contributed by atoms with van der Waals surface area (Å²) in [5.41, 5.74) is 2.12. The van der Waals surface area contributed by atoms with Gasteiger partial charge in [0.25, 0.3) is 5.91 Å². The first-order valence-corrected chi connectivity index (χ1v) is 10.3. The third kappa shape index (κ3) is 3.77. The van der Waals surface area contributed by atoms with Gasteiger partial charge in [-0.3, -0.25) is 4.79 Å². The first kappa shape index (κ1) is 19.3. The molecule has 2 aliphatic rings. The van der Waals surface area contributed by atoms with Crippen LogP contribution in [0, 0.1) is 0 Å². The average Bonchev–Trinajstić information content (AvgIpc) is 3.29. The van der Waals surface area contributed by atoms with Crippen molar-refractivity contribution in [3.63, 3.8) is 0 Å². The van der Waals surface area contributed by atoms with Gasteiger partial charge >= 0.3 is 0 Å². The fraction of sp³-hybridized carbons (Fsp3) is 0.240. The summed E-state index contributed by atoms with van der Waals surface area (Å²) in [5, 5.41) is 0. The Labute approximate surface area is 180 Å². The van der Waals surface area contributed by atoms with Crippen LogP contribution in [0.1, 0.15) is 17.2 Å². The van der Waals surface area contributed by atoms with Gasteiger partial charge in [-0.2, -0.15) is 0 Å². The van der Waals surface area contributed by atoms with Crippen LogP contribution in [0.25, 0.3) is 0 Å². The zero-order valence-electron chi connectivity index (χ0n) is 17.2. The van der Waals surface area contributed by atoms with Gasteiger partial charge in [-0.1, -0.05) is 36.4 Å². The number of hydrogen-bond donors (Lipinski definition) is 0. The number of para-hydroxylation sites is 1. The van der Waals surface area contributed by atoms with Crippen molar-refractivity contribution in [1.82, 2.24) is 4.90 Å². The molecule has 0 spiro atoms. The lowest BCUT2D eigenvalue weighted by atomic mass is 9.89. The Morgan fingerprint density at radius 3 is 2.48 bits per heavy atom. The van der Waals surface area contributed by atoms with E-state index in [-0.39, 0.29) is 18.7 Å². The van der Waals surface area contributed by atoms with Crippen LogP contribution in [0.2, 0.25) is 0 Å². The molecule has 0 aromatic heterocycles. The van der Waals surface area contributed by atoms with Gasteiger partial charge in [-0.15, -0.1) is 0 Å². The summed E-state index contributed by atoms with van der Waals surface area (Å²) < 4.78 is 22.3. The first-order chi connectivity index (χ1) is 15.2. The Bertz CT molecular complexity index is 1070. The second-order valence-corrected chi connectivity index (χ2v) is 7.54. The van der Waals surface area contributed by atoms with E-state index in [2.05, 4.69) is 0 Å². The number of fused-ring (bicyclic) bond motifs is 1. The number of nitrogens with zero attached hydrogens (tertiary/aromatic N) is 1. The van der Waals surface area contributed by atoms with Gasteiger partial charge < -0.3 is 23.8 Å². The van der Waals surface area contributed by atoms with Gasteiger partial charge in [-0.25, -0.2) is 0 Å². The molecule has 3 aromatic rings. The molecule has 1 fully saturated rings. The highest BCUT2D eigenvalue weighted by molar-refractivity contribution is 5.89. The summed E-state index contributed by atoms with van der Waals surface area (Å²) in [7, 11) is 1.65. The monoisotopic (exact) mass is 417 g/mol. The molecule has 0 aliphatic carbocycles. The van der Waals surface area contributed by atoms with Gasteiger partial charge in [0, 0.05) is 6.54 Å². The number of rotatable bonds is 7. The van der Waals surface area contributed by atoms with Gasteiger partial charge in [0.1, 0.15) is 17.5 Å². The Morgan fingerprint density at radius 1 is 0.935 bits per heavy atom. The molecule has 6 heteroatoms. The van der Waals surface area contributed by atoms with Crippen LogP contribution in [0.15, 0.2) is 72.8 Å². The number of carbonyl (C=O) groups is 1. The lowest BCUT2D eigenvalue weighted by Gasteiger charge is -2.47. The molecular formula is C25H23NO5. The van der Waals surface area contributed by atoms with Crippen LogP contribution in [0.4, 0.5) is 0 Å². The van der Waals surface area contributed by atoms with Gasteiger partial charge in [0.2, 0.25) is 12.9 Å². The average molecular weight is 417 g/mol. The summed E-state index contributed by atoms with van der Waals surface area (Å²) in [6.45, 7) is 0.812. The smallest absolute Gasteiger partial charge is 0.266 e. The molecule has 3 aromatic carbocycles. The minimum atomic E-state index is -0.571. The number of methoxy groups -OCH3 is 1. The van der Waals surface area contributed by atoms with E-state index in [1.165, 1.54) is 0 Å². The minimum Gasteiger partial charge on any atom is -0.497 e.